The first-order valence-electron chi connectivity index (χ1n) is 13.7. The lowest BCUT2D eigenvalue weighted by Gasteiger charge is -2.27. The number of hydrogen-bond donors (Lipinski definition) is 2. The third kappa shape index (κ3) is 16.6. The Hall–Kier alpha value is -0.650. The van der Waals surface area contributed by atoms with Crippen molar-refractivity contribution in [3.8, 4) is 0 Å². The van der Waals surface area contributed by atoms with Gasteiger partial charge in [-0.2, -0.15) is 0 Å². The molecule has 0 bridgehead atoms. The monoisotopic (exact) mass is 438 g/mol. The third-order valence-corrected chi connectivity index (χ3v) is 6.50. The SMILES string of the molecule is CCCCCCCCC(=O)N1CCNCC1.CCCCCCCCCN1CCNCC1. The topological polar surface area (TPSA) is 47.6 Å². The Morgan fingerprint density at radius 1 is 0.613 bits per heavy atom. The number of rotatable bonds is 15. The molecule has 31 heavy (non-hydrogen) atoms. The van der Waals surface area contributed by atoms with Crippen LogP contribution in [0.4, 0.5) is 0 Å². The van der Waals surface area contributed by atoms with Gasteiger partial charge in [-0.05, 0) is 19.4 Å². The quantitative estimate of drug-likeness (QED) is 0.360. The van der Waals surface area contributed by atoms with Crippen LogP contribution < -0.4 is 10.6 Å². The molecule has 0 atom stereocenters. The second-order valence-corrected chi connectivity index (χ2v) is 9.36. The van der Waals surface area contributed by atoms with E-state index in [0.29, 0.717) is 5.91 Å². The van der Waals surface area contributed by atoms with Crippen LogP contribution in [0.3, 0.4) is 0 Å². The number of carbonyl (C=O) groups excluding carboxylic acids is 1. The van der Waals surface area contributed by atoms with Gasteiger partial charge in [0.25, 0.3) is 0 Å². The van der Waals surface area contributed by atoms with E-state index in [1.165, 1.54) is 110 Å². The van der Waals surface area contributed by atoms with Crippen LogP contribution in [0.25, 0.3) is 0 Å². The zero-order valence-electron chi connectivity index (χ0n) is 21.1. The predicted octanol–water partition coefficient (Wildman–Crippen LogP) is 4.81. The Balaban J connectivity index is 0.000000311. The molecule has 2 saturated heterocycles. The van der Waals surface area contributed by atoms with Crippen molar-refractivity contribution in [3.05, 3.63) is 0 Å². The summed E-state index contributed by atoms with van der Waals surface area (Å²) in [6.45, 7) is 14.5. The van der Waals surface area contributed by atoms with E-state index in [-0.39, 0.29) is 0 Å². The molecule has 2 rings (SSSR count). The molecule has 0 aromatic carbocycles. The van der Waals surface area contributed by atoms with Gasteiger partial charge < -0.3 is 20.4 Å². The molecule has 0 aromatic heterocycles. The summed E-state index contributed by atoms with van der Waals surface area (Å²) in [6.07, 6.45) is 18.3. The average Bonchev–Trinajstić information content (AvgIpc) is 2.82. The Labute approximate surface area is 194 Å². The summed E-state index contributed by atoms with van der Waals surface area (Å²) >= 11 is 0. The van der Waals surface area contributed by atoms with E-state index in [9.17, 15) is 4.79 Å². The average molecular weight is 439 g/mol. The molecule has 2 N–H and O–H groups in total. The summed E-state index contributed by atoms with van der Waals surface area (Å²) in [5.74, 6) is 0.358. The summed E-state index contributed by atoms with van der Waals surface area (Å²) < 4.78 is 0. The lowest BCUT2D eigenvalue weighted by Crippen LogP contribution is -2.46. The van der Waals surface area contributed by atoms with Gasteiger partial charge in [0.1, 0.15) is 0 Å². The molecule has 0 aliphatic carbocycles. The molecule has 0 aromatic rings. The molecular formula is C26H54N4O. The highest BCUT2D eigenvalue weighted by Crippen LogP contribution is 2.09. The van der Waals surface area contributed by atoms with E-state index in [4.69, 9.17) is 0 Å². The number of unbranched alkanes of at least 4 members (excludes halogenated alkanes) is 11. The Bertz CT molecular complexity index is 393. The maximum absolute atomic E-state index is 11.8. The van der Waals surface area contributed by atoms with E-state index in [1.807, 2.05) is 4.90 Å². The van der Waals surface area contributed by atoms with Crippen LogP contribution >= 0.6 is 0 Å². The number of hydrogen-bond acceptors (Lipinski definition) is 4. The van der Waals surface area contributed by atoms with Crippen molar-refractivity contribution in [1.82, 2.24) is 20.4 Å². The van der Waals surface area contributed by atoms with E-state index in [0.717, 1.165) is 39.0 Å². The molecule has 0 spiro atoms. The lowest BCUT2D eigenvalue weighted by atomic mass is 10.1. The van der Waals surface area contributed by atoms with Gasteiger partial charge in [-0.25, -0.2) is 0 Å². The molecule has 2 aliphatic heterocycles. The van der Waals surface area contributed by atoms with E-state index < -0.39 is 0 Å². The molecule has 5 nitrogen and oxygen atoms in total. The molecule has 2 fully saturated rings. The smallest absolute Gasteiger partial charge is 0.222 e. The summed E-state index contributed by atoms with van der Waals surface area (Å²) in [5.41, 5.74) is 0. The molecule has 0 saturated carbocycles. The fourth-order valence-electron chi connectivity index (χ4n) is 4.36. The van der Waals surface area contributed by atoms with Gasteiger partial charge in [0, 0.05) is 58.8 Å². The Kier molecular flexibility index (Phi) is 19.4. The van der Waals surface area contributed by atoms with Crippen LogP contribution in [0.5, 0.6) is 0 Å². The molecule has 5 heteroatoms. The normalized spacial score (nSPS) is 17.3. The number of piperazine rings is 2. The van der Waals surface area contributed by atoms with Crippen molar-refractivity contribution in [2.75, 3.05) is 58.9 Å². The maximum atomic E-state index is 11.8. The van der Waals surface area contributed by atoms with Crippen LogP contribution in [-0.2, 0) is 4.79 Å². The lowest BCUT2D eigenvalue weighted by molar-refractivity contribution is -0.131. The Morgan fingerprint density at radius 3 is 1.61 bits per heavy atom. The fraction of sp³-hybridized carbons (Fsp3) is 0.962. The van der Waals surface area contributed by atoms with Gasteiger partial charge in [-0.3, -0.25) is 4.79 Å². The molecule has 0 radical (unpaired) electrons. The first-order valence-corrected chi connectivity index (χ1v) is 13.7. The highest BCUT2D eigenvalue weighted by atomic mass is 16.2. The predicted molar refractivity (Wildman–Crippen MR) is 135 cm³/mol. The van der Waals surface area contributed by atoms with Crippen molar-refractivity contribution >= 4 is 5.91 Å². The molecule has 1 amide bonds. The van der Waals surface area contributed by atoms with Crippen LogP contribution in [0.2, 0.25) is 0 Å². The third-order valence-electron chi connectivity index (χ3n) is 6.50. The van der Waals surface area contributed by atoms with Gasteiger partial charge >= 0.3 is 0 Å². The van der Waals surface area contributed by atoms with Gasteiger partial charge in [0.05, 0.1) is 0 Å². The summed E-state index contributed by atoms with van der Waals surface area (Å²) in [7, 11) is 0. The fourth-order valence-corrected chi connectivity index (χ4v) is 4.36. The molecule has 2 heterocycles. The van der Waals surface area contributed by atoms with Crippen LogP contribution in [0.1, 0.15) is 104 Å². The van der Waals surface area contributed by atoms with Gasteiger partial charge in [0.2, 0.25) is 5.91 Å². The zero-order chi connectivity index (χ0) is 22.4. The van der Waals surface area contributed by atoms with E-state index in [2.05, 4.69) is 29.4 Å². The van der Waals surface area contributed by atoms with Crippen molar-refractivity contribution in [2.45, 2.75) is 104 Å². The minimum atomic E-state index is 0.358. The molecule has 184 valence electrons. The first kappa shape index (κ1) is 28.4. The van der Waals surface area contributed by atoms with Gasteiger partial charge in [-0.15, -0.1) is 0 Å². The molecular weight excluding hydrogens is 384 g/mol. The summed E-state index contributed by atoms with van der Waals surface area (Å²) in [6, 6.07) is 0. The van der Waals surface area contributed by atoms with Crippen molar-refractivity contribution < 1.29 is 4.79 Å². The highest BCUT2D eigenvalue weighted by molar-refractivity contribution is 5.76. The van der Waals surface area contributed by atoms with Crippen LogP contribution in [0, 0.1) is 0 Å². The van der Waals surface area contributed by atoms with Crippen molar-refractivity contribution in [3.63, 3.8) is 0 Å². The number of nitrogens with one attached hydrogen (secondary N) is 2. The van der Waals surface area contributed by atoms with E-state index in [1.54, 1.807) is 0 Å². The minimum Gasteiger partial charge on any atom is -0.340 e. The van der Waals surface area contributed by atoms with Crippen molar-refractivity contribution in [2.24, 2.45) is 0 Å². The van der Waals surface area contributed by atoms with Crippen LogP contribution in [0.15, 0.2) is 0 Å². The summed E-state index contributed by atoms with van der Waals surface area (Å²) in [5, 5.41) is 6.66. The van der Waals surface area contributed by atoms with Crippen molar-refractivity contribution in [1.29, 1.82) is 0 Å². The summed E-state index contributed by atoms with van der Waals surface area (Å²) in [4.78, 5) is 16.4. The number of nitrogens with zero attached hydrogens (tertiary/aromatic N) is 2. The Morgan fingerprint density at radius 2 is 1.06 bits per heavy atom. The first-order chi connectivity index (χ1) is 15.3. The molecule has 0 unspecified atom stereocenters. The van der Waals surface area contributed by atoms with Gasteiger partial charge in [-0.1, -0.05) is 84.5 Å². The second-order valence-electron chi connectivity index (χ2n) is 9.36. The zero-order valence-corrected chi connectivity index (χ0v) is 21.1. The standard InChI is InChI=1S/C13H26N2O.C13H28N2/c1-2-3-4-5-6-7-8-13(16)15-11-9-14-10-12-15;1-2-3-4-5-6-7-8-11-15-12-9-14-10-13-15/h14H,2-12H2,1H3;14H,2-13H2,1H3. The number of amides is 1. The minimum absolute atomic E-state index is 0.358. The molecule has 2 aliphatic rings. The van der Waals surface area contributed by atoms with Gasteiger partial charge in [0.15, 0.2) is 0 Å². The second kappa shape index (κ2) is 21.2. The maximum Gasteiger partial charge on any atom is 0.222 e. The largest absolute Gasteiger partial charge is 0.340 e. The van der Waals surface area contributed by atoms with Crippen LogP contribution in [-0.4, -0.2) is 74.6 Å². The number of carbonyl (C=O) groups is 1. The highest BCUT2D eigenvalue weighted by Gasteiger charge is 2.15. The van der Waals surface area contributed by atoms with E-state index >= 15 is 0 Å².